The van der Waals surface area contributed by atoms with Crippen LogP contribution in [0.3, 0.4) is 0 Å². The van der Waals surface area contributed by atoms with Gasteiger partial charge in [-0.05, 0) is 36.8 Å². The van der Waals surface area contributed by atoms with Gasteiger partial charge in [0.2, 0.25) is 5.91 Å². The Morgan fingerprint density at radius 1 is 1.14 bits per heavy atom. The molecule has 0 aliphatic heterocycles. The molecule has 2 aliphatic carbocycles. The van der Waals surface area contributed by atoms with Gasteiger partial charge in [-0.25, -0.2) is 4.79 Å². The van der Waals surface area contributed by atoms with Gasteiger partial charge in [0.15, 0.2) is 0 Å². The molecular weight excluding hydrogens is 390 g/mol. The van der Waals surface area contributed by atoms with Crippen molar-refractivity contribution in [2.45, 2.75) is 13.3 Å². The zero-order chi connectivity index (χ0) is 20.5. The maximum absolute atomic E-state index is 13.0. The van der Waals surface area contributed by atoms with Gasteiger partial charge < -0.3 is 15.2 Å². The van der Waals surface area contributed by atoms with E-state index in [0.29, 0.717) is 17.0 Å². The molecule has 2 aromatic rings. The average molecular weight is 411 g/mol. The highest BCUT2D eigenvalue weighted by atomic mass is 32.1. The number of carbonyl (C=O) groups is 3. The van der Waals surface area contributed by atoms with Crippen LogP contribution >= 0.6 is 11.3 Å². The highest BCUT2D eigenvalue weighted by molar-refractivity contribution is 7.18. The van der Waals surface area contributed by atoms with Crippen molar-refractivity contribution in [3.63, 3.8) is 0 Å². The van der Waals surface area contributed by atoms with E-state index >= 15 is 0 Å². The minimum absolute atomic E-state index is 0.0839. The molecule has 1 heterocycles. The molecule has 2 N–H and O–H groups in total. The summed E-state index contributed by atoms with van der Waals surface area (Å²) in [7, 11) is 0. The number of fused-ring (bicyclic) bond motifs is 2. The second-order valence-electron chi connectivity index (χ2n) is 7.27. The van der Waals surface area contributed by atoms with Gasteiger partial charge in [0.1, 0.15) is 4.88 Å². The first-order valence-electron chi connectivity index (χ1n) is 9.58. The van der Waals surface area contributed by atoms with Gasteiger partial charge in [-0.2, -0.15) is 0 Å². The molecule has 1 aromatic carbocycles. The maximum Gasteiger partial charge on any atom is 0.350 e. The lowest BCUT2D eigenvalue weighted by molar-refractivity contribution is -0.146. The minimum atomic E-state index is -0.956. The normalized spacial score (nSPS) is 24.4. The molecule has 2 bridgehead atoms. The monoisotopic (exact) mass is 411 g/mol. The molecule has 1 fully saturated rings. The number of ether oxygens (including phenoxy) is 1. The Morgan fingerprint density at radius 2 is 1.83 bits per heavy atom. The van der Waals surface area contributed by atoms with Crippen molar-refractivity contribution in [3.8, 4) is 10.4 Å². The van der Waals surface area contributed by atoms with E-state index in [1.165, 1.54) is 11.3 Å². The Hall–Kier alpha value is -2.93. The number of thiophene rings is 1. The summed E-state index contributed by atoms with van der Waals surface area (Å²) in [4.78, 5) is 38.3. The van der Waals surface area contributed by atoms with Gasteiger partial charge in [-0.3, -0.25) is 9.59 Å². The van der Waals surface area contributed by atoms with Crippen molar-refractivity contribution in [2.24, 2.45) is 23.7 Å². The van der Waals surface area contributed by atoms with Crippen molar-refractivity contribution in [1.82, 2.24) is 0 Å². The van der Waals surface area contributed by atoms with Crippen LogP contribution in [0.15, 0.2) is 48.6 Å². The summed E-state index contributed by atoms with van der Waals surface area (Å²) >= 11 is 1.25. The van der Waals surface area contributed by atoms with Gasteiger partial charge in [0.05, 0.1) is 24.1 Å². The molecule has 4 rings (SSSR count). The third kappa shape index (κ3) is 3.58. The third-order valence-corrected chi connectivity index (χ3v) is 6.72. The smallest absolute Gasteiger partial charge is 0.350 e. The molecule has 1 amide bonds. The number of esters is 1. The Balaban J connectivity index is 1.64. The van der Waals surface area contributed by atoms with Crippen LogP contribution in [0.1, 0.15) is 23.0 Å². The molecule has 2 aliphatic rings. The second kappa shape index (κ2) is 7.83. The van der Waals surface area contributed by atoms with E-state index < -0.39 is 23.8 Å². The molecule has 0 unspecified atom stereocenters. The molecular formula is C22H21NO5S. The SMILES string of the molecule is CCOC(=O)c1sc(-c2ccccc2)cc1NC(=O)[C@H]1[C@@H](C(=O)O)[C@H]2C=C[C@H]1C2. The second-order valence-corrected chi connectivity index (χ2v) is 8.32. The summed E-state index contributed by atoms with van der Waals surface area (Å²) in [6.45, 7) is 1.95. The summed E-state index contributed by atoms with van der Waals surface area (Å²) in [5.41, 5.74) is 1.29. The van der Waals surface area contributed by atoms with E-state index in [9.17, 15) is 19.5 Å². The van der Waals surface area contributed by atoms with E-state index in [4.69, 9.17) is 4.74 Å². The van der Waals surface area contributed by atoms with E-state index in [2.05, 4.69) is 5.32 Å². The summed E-state index contributed by atoms with van der Waals surface area (Å²) in [6.07, 6.45) is 4.51. The number of carboxylic acids is 1. The highest BCUT2D eigenvalue weighted by Gasteiger charge is 2.51. The van der Waals surface area contributed by atoms with Crippen LogP contribution in [0.25, 0.3) is 10.4 Å². The van der Waals surface area contributed by atoms with Gasteiger partial charge in [0.25, 0.3) is 0 Å². The van der Waals surface area contributed by atoms with Crippen molar-refractivity contribution < 1.29 is 24.2 Å². The Labute approximate surface area is 172 Å². The van der Waals surface area contributed by atoms with E-state index in [-0.39, 0.29) is 24.3 Å². The first-order chi connectivity index (χ1) is 14.0. The Bertz CT molecular complexity index is 980. The van der Waals surface area contributed by atoms with Crippen LogP contribution in [0.5, 0.6) is 0 Å². The molecule has 4 atom stereocenters. The molecule has 7 heteroatoms. The molecule has 29 heavy (non-hydrogen) atoms. The predicted octanol–water partition coefficient (Wildman–Crippen LogP) is 4.05. The van der Waals surface area contributed by atoms with Crippen LogP contribution in [0.2, 0.25) is 0 Å². The van der Waals surface area contributed by atoms with Crippen molar-refractivity contribution in [3.05, 3.63) is 53.4 Å². The minimum Gasteiger partial charge on any atom is -0.481 e. The summed E-state index contributed by atoms with van der Waals surface area (Å²) < 4.78 is 5.15. The molecule has 1 saturated carbocycles. The fraction of sp³-hybridized carbons (Fsp3) is 0.318. The number of hydrogen-bond acceptors (Lipinski definition) is 5. The lowest BCUT2D eigenvalue weighted by Gasteiger charge is -2.23. The summed E-state index contributed by atoms with van der Waals surface area (Å²) in [6, 6.07) is 11.3. The average Bonchev–Trinajstić information content (AvgIpc) is 3.43. The first-order valence-corrected chi connectivity index (χ1v) is 10.4. The molecule has 0 radical (unpaired) electrons. The van der Waals surface area contributed by atoms with Gasteiger partial charge in [-0.1, -0.05) is 42.5 Å². The van der Waals surface area contributed by atoms with Crippen LogP contribution in [-0.4, -0.2) is 29.6 Å². The van der Waals surface area contributed by atoms with Gasteiger partial charge >= 0.3 is 11.9 Å². The summed E-state index contributed by atoms with van der Waals surface area (Å²) in [5.74, 6) is -3.39. The number of nitrogens with one attached hydrogen (secondary N) is 1. The highest BCUT2D eigenvalue weighted by Crippen LogP contribution is 2.48. The number of hydrogen-bond donors (Lipinski definition) is 2. The number of carbonyl (C=O) groups excluding carboxylic acids is 2. The first kappa shape index (κ1) is 19.4. The number of benzene rings is 1. The number of amides is 1. The summed E-state index contributed by atoms with van der Waals surface area (Å²) in [5, 5.41) is 12.4. The van der Waals surface area contributed by atoms with Crippen LogP contribution in [-0.2, 0) is 14.3 Å². The van der Waals surface area contributed by atoms with Gasteiger partial charge in [-0.15, -0.1) is 11.3 Å². The maximum atomic E-state index is 13.0. The van der Waals surface area contributed by atoms with Crippen molar-refractivity contribution >= 4 is 34.9 Å². The Morgan fingerprint density at radius 3 is 2.48 bits per heavy atom. The zero-order valence-corrected chi connectivity index (χ0v) is 16.6. The van der Waals surface area contributed by atoms with E-state index in [1.54, 1.807) is 13.0 Å². The predicted molar refractivity (Wildman–Crippen MR) is 110 cm³/mol. The fourth-order valence-corrected chi connectivity index (χ4v) is 5.32. The quantitative estimate of drug-likeness (QED) is 0.553. The Kier molecular flexibility index (Phi) is 5.24. The largest absolute Gasteiger partial charge is 0.481 e. The number of carboxylic acid groups (broad SMARTS) is 1. The molecule has 6 nitrogen and oxygen atoms in total. The number of aliphatic carboxylic acids is 1. The fourth-order valence-electron chi connectivity index (χ4n) is 4.31. The molecule has 150 valence electrons. The molecule has 0 saturated heterocycles. The number of allylic oxidation sites excluding steroid dienone is 2. The van der Waals surface area contributed by atoms with Crippen LogP contribution in [0.4, 0.5) is 5.69 Å². The van der Waals surface area contributed by atoms with Gasteiger partial charge in [0, 0.05) is 4.88 Å². The van der Waals surface area contributed by atoms with E-state index in [1.807, 2.05) is 42.5 Å². The lowest BCUT2D eigenvalue weighted by Crippen LogP contribution is -2.36. The van der Waals surface area contributed by atoms with E-state index in [0.717, 1.165) is 10.4 Å². The number of rotatable bonds is 6. The zero-order valence-electron chi connectivity index (χ0n) is 15.8. The van der Waals surface area contributed by atoms with Crippen molar-refractivity contribution in [2.75, 3.05) is 11.9 Å². The van der Waals surface area contributed by atoms with Crippen molar-refractivity contribution in [1.29, 1.82) is 0 Å². The number of anilines is 1. The third-order valence-electron chi connectivity index (χ3n) is 5.56. The topological polar surface area (TPSA) is 92.7 Å². The lowest BCUT2D eigenvalue weighted by atomic mass is 9.82. The molecule has 1 aromatic heterocycles. The standard InChI is InChI=1S/C22H21NO5S/c1-2-28-22(27)19-15(11-16(29-19)12-6-4-3-5-7-12)23-20(24)17-13-8-9-14(10-13)18(17)21(25)26/h3-9,11,13-14,17-18H,2,10H2,1H3,(H,23,24)(H,25,26)/t13-,14-,17+,18-/m0/s1. The van der Waals surface area contributed by atoms with Crippen LogP contribution in [0, 0.1) is 23.7 Å². The van der Waals surface area contributed by atoms with Crippen LogP contribution < -0.4 is 5.32 Å². The molecule has 0 spiro atoms.